The summed E-state index contributed by atoms with van der Waals surface area (Å²) in [7, 11) is 0. The summed E-state index contributed by atoms with van der Waals surface area (Å²) in [5.41, 5.74) is 0. The highest BCUT2D eigenvalue weighted by Crippen LogP contribution is 2.08. The van der Waals surface area contributed by atoms with Crippen molar-refractivity contribution in [1.29, 1.82) is 0 Å². The molecule has 68 valence electrons. The van der Waals surface area contributed by atoms with Crippen molar-refractivity contribution in [2.24, 2.45) is 0 Å². The fraction of sp³-hybridized carbons (Fsp3) is 1.00. The minimum absolute atomic E-state index is 0.0460. The van der Waals surface area contributed by atoms with Crippen LogP contribution in [0.5, 0.6) is 0 Å². The van der Waals surface area contributed by atoms with Gasteiger partial charge >= 0.3 is 0 Å². The molecule has 0 aromatic carbocycles. The Kier molecular flexibility index (Phi) is 8.88. The Balaban J connectivity index is 2.97. The van der Waals surface area contributed by atoms with Crippen molar-refractivity contribution in [3.63, 3.8) is 0 Å². The molecule has 0 amide bonds. The van der Waals surface area contributed by atoms with Gasteiger partial charge < -0.3 is 5.11 Å². The Morgan fingerprint density at radius 2 is 1.91 bits per heavy atom. The van der Waals surface area contributed by atoms with E-state index in [9.17, 15) is 5.11 Å². The Bertz CT molecular complexity index is 76.0. The quantitative estimate of drug-likeness (QED) is 0.519. The highest BCUT2D eigenvalue weighted by atomic mass is 79.9. The minimum atomic E-state index is -0.0460. The molecule has 1 atom stereocenters. The monoisotopic (exact) mass is 222 g/mol. The van der Waals surface area contributed by atoms with Gasteiger partial charge in [0.1, 0.15) is 0 Å². The SMILES string of the molecule is CCC[C@@H](O)CCCCCBr. The topological polar surface area (TPSA) is 20.2 Å². The molecule has 0 bridgehead atoms. The van der Waals surface area contributed by atoms with E-state index in [0.29, 0.717) is 0 Å². The van der Waals surface area contributed by atoms with Crippen LogP contribution in [0, 0.1) is 0 Å². The van der Waals surface area contributed by atoms with E-state index in [2.05, 4.69) is 22.9 Å². The molecule has 0 aromatic heterocycles. The van der Waals surface area contributed by atoms with E-state index in [4.69, 9.17) is 0 Å². The van der Waals surface area contributed by atoms with E-state index in [1.54, 1.807) is 0 Å². The van der Waals surface area contributed by atoms with Crippen LogP contribution in [-0.4, -0.2) is 16.5 Å². The molecular formula is C9H19BrO. The van der Waals surface area contributed by atoms with Crippen molar-refractivity contribution in [3.05, 3.63) is 0 Å². The van der Waals surface area contributed by atoms with Gasteiger partial charge in [0, 0.05) is 5.33 Å². The Morgan fingerprint density at radius 1 is 1.18 bits per heavy atom. The standard InChI is InChI=1S/C9H19BrO/c1-2-6-9(11)7-4-3-5-8-10/h9,11H,2-8H2,1H3/t9-/m1/s1. The zero-order chi connectivity index (χ0) is 8.53. The molecule has 1 nitrogen and oxygen atoms in total. The number of hydrogen-bond donors (Lipinski definition) is 1. The molecule has 0 spiro atoms. The van der Waals surface area contributed by atoms with Gasteiger partial charge in [0.2, 0.25) is 0 Å². The third-order valence-corrected chi connectivity index (χ3v) is 2.35. The lowest BCUT2D eigenvalue weighted by atomic mass is 10.1. The van der Waals surface area contributed by atoms with Crippen LogP contribution in [0.15, 0.2) is 0 Å². The molecule has 11 heavy (non-hydrogen) atoms. The number of halogens is 1. The van der Waals surface area contributed by atoms with Gasteiger partial charge in [-0.05, 0) is 19.3 Å². The number of aliphatic hydroxyl groups excluding tert-OH is 1. The molecule has 0 aliphatic carbocycles. The summed E-state index contributed by atoms with van der Waals surface area (Å²) in [6.45, 7) is 2.11. The zero-order valence-corrected chi connectivity index (χ0v) is 8.94. The van der Waals surface area contributed by atoms with Crippen molar-refractivity contribution in [1.82, 2.24) is 0 Å². The summed E-state index contributed by atoms with van der Waals surface area (Å²) in [5, 5.41) is 10.4. The molecule has 0 heterocycles. The summed E-state index contributed by atoms with van der Waals surface area (Å²) in [5.74, 6) is 0. The average molecular weight is 223 g/mol. The molecular weight excluding hydrogens is 204 g/mol. The average Bonchev–Trinajstić information content (AvgIpc) is 1.99. The molecule has 0 unspecified atom stereocenters. The number of alkyl halides is 1. The summed E-state index contributed by atoms with van der Waals surface area (Å²) in [4.78, 5) is 0. The summed E-state index contributed by atoms with van der Waals surface area (Å²) >= 11 is 3.38. The predicted octanol–water partition coefficient (Wildman–Crippen LogP) is 3.10. The third-order valence-electron chi connectivity index (χ3n) is 1.79. The lowest BCUT2D eigenvalue weighted by molar-refractivity contribution is 0.150. The number of aliphatic hydroxyl groups is 1. The molecule has 0 rings (SSSR count). The van der Waals surface area contributed by atoms with Crippen LogP contribution >= 0.6 is 15.9 Å². The van der Waals surface area contributed by atoms with Gasteiger partial charge in [0.15, 0.2) is 0 Å². The fourth-order valence-corrected chi connectivity index (χ4v) is 1.53. The first kappa shape index (κ1) is 11.4. The van der Waals surface area contributed by atoms with E-state index in [-0.39, 0.29) is 6.10 Å². The molecule has 0 aliphatic heterocycles. The molecule has 0 saturated heterocycles. The van der Waals surface area contributed by atoms with Crippen LogP contribution in [0.1, 0.15) is 45.4 Å². The molecule has 0 aliphatic rings. The van der Waals surface area contributed by atoms with Crippen LogP contribution in [0.25, 0.3) is 0 Å². The predicted molar refractivity (Wildman–Crippen MR) is 53.2 cm³/mol. The lowest BCUT2D eigenvalue weighted by Crippen LogP contribution is -2.04. The first-order chi connectivity index (χ1) is 5.31. The second-order valence-corrected chi connectivity index (χ2v) is 3.77. The molecule has 0 radical (unpaired) electrons. The van der Waals surface area contributed by atoms with Crippen molar-refractivity contribution < 1.29 is 5.11 Å². The Morgan fingerprint density at radius 3 is 2.45 bits per heavy atom. The van der Waals surface area contributed by atoms with Crippen LogP contribution in [0.3, 0.4) is 0 Å². The van der Waals surface area contributed by atoms with Gasteiger partial charge in [0.25, 0.3) is 0 Å². The second kappa shape index (κ2) is 8.54. The molecule has 0 aromatic rings. The van der Waals surface area contributed by atoms with Crippen LogP contribution in [-0.2, 0) is 0 Å². The molecule has 0 fully saturated rings. The van der Waals surface area contributed by atoms with E-state index >= 15 is 0 Å². The summed E-state index contributed by atoms with van der Waals surface area (Å²) < 4.78 is 0. The van der Waals surface area contributed by atoms with Crippen molar-refractivity contribution >= 4 is 15.9 Å². The van der Waals surface area contributed by atoms with Gasteiger partial charge in [-0.3, -0.25) is 0 Å². The Labute approximate surface area is 78.3 Å². The normalized spacial score (nSPS) is 13.4. The smallest absolute Gasteiger partial charge is 0.0540 e. The molecule has 1 N–H and O–H groups in total. The molecule has 0 saturated carbocycles. The first-order valence-corrected chi connectivity index (χ1v) is 5.67. The van der Waals surface area contributed by atoms with Crippen LogP contribution in [0.4, 0.5) is 0 Å². The second-order valence-electron chi connectivity index (χ2n) is 2.98. The lowest BCUT2D eigenvalue weighted by Gasteiger charge is -2.07. The highest BCUT2D eigenvalue weighted by Gasteiger charge is 2.00. The molecule has 2 heteroatoms. The first-order valence-electron chi connectivity index (χ1n) is 4.55. The highest BCUT2D eigenvalue weighted by molar-refractivity contribution is 9.09. The van der Waals surface area contributed by atoms with Crippen molar-refractivity contribution in [2.75, 3.05) is 5.33 Å². The van der Waals surface area contributed by atoms with Crippen LogP contribution < -0.4 is 0 Å². The summed E-state index contributed by atoms with van der Waals surface area (Å²) in [6, 6.07) is 0. The third kappa shape index (κ3) is 8.35. The maximum absolute atomic E-state index is 9.34. The fourth-order valence-electron chi connectivity index (χ4n) is 1.13. The van der Waals surface area contributed by atoms with Crippen molar-refractivity contribution in [2.45, 2.75) is 51.6 Å². The minimum Gasteiger partial charge on any atom is -0.393 e. The van der Waals surface area contributed by atoms with Gasteiger partial charge in [-0.1, -0.05) is 42.1 Å². The maximum Gasteiger partial charge on any atom is 0.0540 e. The Hall–Kier alpha value is 0.440. The summed E-state index contributed by atoms with van der Waals surface area (Å²) in [6.07, 6.45) is 6.65. The number of hydrogen-bond acceptors (Lipinski definition) is 1. The van der Waals surface area contributed by atoms with Gasteiger partial charge in [-0.2, -0.15) is 0 Å². The maximum atomic E-state index is 9.34. The van der Waals surface area contributed by atoms with Crippen molar-refractivity contribution in [3.8, 4) is 0 Å². The van der Waals surface area contributed by atoms with Gasteiger partial charge in [-0.25, -0.2) is 0 Å². The van der Waals surface area contributed by atoms with E-state index < -0.39 is 0 Å². The van der Waals surface area contributed by atoms with Gasteiger partial charge in [0.05, 0.1) is 6.10 Å². The van der Waals surface area contributed by atoms with E-state index in [1.165, 1.54) is 19.3 Å². The number of unbranched alkanes of at least 4 members (excludes halogenated alkanes) is 2. The largest absolute Gasteiger partial charge is 0.393 e. The van der Waals surface area contributed by atoms with Crippen LogP contribution in [0.2, 0.25) is 0 Å². The van der Waals surface area contributed by atoms with Gasteiger partial charge in [-0.15, -0.1) is 0 Å². The van der Waals surface area contributed by atoms with E-state index in [0.717, 1.165) is 24.6 Å². The zero-order valence-electron chi connectivity index (χ0n) is 7.35. The van der Waals surface area contributed by atoms with E-state index in [1.807, 2.05) is 0 Å². The number of rotatable bonds is 7.